The summed E-state index contributed by atoms with van der Waals surface area (Å²) in [7, 11) is 1.78. The Kier molecular flexibility index (Phi) is 5.27. The Labute approximate surface area is 174 Å². The Morgan fingerprint density at radius 3 is 2.53 bits per heavy atom. The molecular weight excluding hydrogens is 419 g/mol. The van der Waals surface area contributed by atoms with Crippen LogP contribution in [0.1, 0.15) is 24.1 Å². The van der Waals surface area contributed by atoms with Crippen molar-refractivity contribution < 1.29 is 22.5 Å². The third kappa shape index (κ3) is 4.04. The van der Waals surface area contributed by atoms with Crippen molar-refractivity contribution in [2.45, 2.75) is 42.1 Å². The van der Waals surface area contributed by atoms with Crippen molar-refractivity contribution in [1.29, 1.82) is 0 Å². The maximum atomic E-state index is 12.7. The first kappa shape index (κ1) is 20.7. The summed E-state index contributed by atoms with van der Waals surface area (Å²) in [6.45, 7) is 1.99. The average molecular weight is 439 g/mol. The van der Waals surface area contributed by atoms with Crippen molar-refractivity contribution in [2.75, 3.05) is 29.1 Å². The summed E-state index contributed by atoms with van der Waals surface area (Å²) >= 11 is -1.38. The maximum Gasteiger partial charge on any atom is 0.416 e. The molecule has 1 fully saturated rings. The van der Waals surface area contributed by atoms with Gasteiger partial charge in [-0.1, -0.05) is 0 Å². The summed E-state index contributed by atoms with van der Waals surface area (Å²) in [5.41, 5.74) is 0.485. The number of nitrogens with one attached hydrogen (secondary N) is 2. The second-order valence-electron chi connectivity index (χ2n) is 7.49. The maximum absolute atomic E-state index is 12.7. The lowest BCUT2D eigenvalue weighted by molar-refractivity contribution is -0.137. The van der Waals surface area contributed by atoms with Crippen molar-refractivity contribution in [1.82, 2.24) is 9.97 Å². The minimum absolute atomic E-state index is 0.0225. The van der Waals surface area contributed by atoms with Crippen LogP contribution in [0.2, 0.25) is 0 Å². The molecule has 4 rings (SSSR count). The average Bonchev–Trinajstić information content (AvgIpc) is 2.64. The van der Waals surface area contributed by atoms with Gasteiger partial charge in [0.25, 0.3) is 0 Å². The number of halogens is 3. The number of likely N-dealkylation sites (N-methyl/N-ethyl adjacent to an activating group) is 1. The van der Waals surface area contributed by atoms with Gasteiger partial charge in [0.2, 0.25) is 11.9 Å². The Balaban J connectivity index is 1.38. The molecule has 1 atom stereocenters. The molecule has 1 aromatic carbocycles. The fourth-order valence-electron chi connectivity index (χ4n) is 3.53. The summed E-state index contributed by atoms with van der Waals surface area (Å²) in [6.07, 6.45) is -3.21. The highest BCUT2D eigenvalue weighted by Crippen LogP contribution is 2.36. The number of nitrogens with zero attached hydrogens (tertiary/aromatic N) is 3. The highest BCUT2D eigenvalue weighted by atomic mass is 32.2. The van der Waals surface area contributed by atoms with Gasteiger partial charge in [0, 0.05) is 25.9 Å². The van der Waals surface area contributed by atoms with E-state index in [0.29, 0.717) is 40.9 Å². The number of amides is 1. The summed E-state index contributed by atoms with van der Waals surface area (Å²) in [6, 6.07) is 4.50. The first-order valence-electron chi connectivity index (χ1n) is 9.36. The second kappa shape index (κ2) is 7.62. The van der Waals surface area contributed by atoms with Crippen LogP contribution in [0.15, 0.2) is 29.2 Å². The van der Waals surface area contributed by atoms with Crippen molar-refractivity contribution in [2.24, 2.45) is 0 Å². The van der Waals surface area contributed by atoms with Crippen LogP contribution in [0.3, 0.4) is 0 Å². The number of hydrogen-bond donors (Lipinski definition) is 2. The van der Waals surface area contributed by atoms with E-state index in [0.717, 1.165) is 12.1 Å². The molecule has 160 valence electrons. The third-order valence-corrected chi connectivity index (χ3v) is 6.95. The SMILES string of the molecule is Cc1nc(N[C@H]2C[C@@H]([S@+]([O-])c3ccc(C(F)(F)F)cc3)C2)nc2c1NC(=O)CN2C. The Bertz CT molecular complexity index is 964. The van der Waals surface area contributed by atoms with E-state index in [1.165, 1.54) is 12.1 Å². The molecule has 0 unspecified atom stereocenters. The first-order chi connectivity index (χ1) is 14.1. The molecule has 0 spiro atoms. The van der Waals surface area contributed by atoms with Gasteiger partial charge < -0.3 is 20.1 Å². The van der Waals surface area contributed by atoms with Gasteiger partial charge in [-0.3, -0.25) is 4.79 Å². The van der Waals surface area contributed by atoms with Gasteiger partial charge in [0.05, 0.1) is 17.8 Å². The molecule has 2 heterocycles. The number of alkyl halides is 3. The van der Waals surface area contributed by atoms with Crippen LogP contribution in [-0.4, -0.2) is 45.3 Å². The zero-order valence-corrected chi connectivity index (χ0v) is 17.1. The van der Waals surface area contributed by atoms with Crippen LogP contribution in [0, 0.1) is 6.92 Å². The van der Waals surface area contributed by atoms with E-state index in [2.05, 4.69) is 20.6 Å². The summed E-state index contributed by atoms with van der Waals surface area (Å²) in [4.78, 5) is 22.7. The van der Waals surface area contributed by atoms with E-state index in [-0.39, 0.29) is 23.7 Å². The molecule has 2 N–H and O–H groups in total. The molecule has 7 nitrogen and oxygen atoms in total. The van der Waals surface area contributed by atoms with E-state index in [4.69, 9.17) is 0 Å². The van der Waals surface area contributed by atoms with Gasteiger partial charge >= 0.3 is 6.18 Å². The molecule has 30 heavy (non-hydrogen) atoms. The predicted octanol–water partition coefficient (Wildman–Crippen LogP) is 2.94. The van der Waals surface area contributed by atoms with Crippen LogP contribution >= 0.6 is 0 Å². The Morgan fingerprint density at radius 2 is 1.90 bits per heavy atom. The molecule has 1 amide bonds. The molecule has 2 aliphatic rings. The third-order valence-electron chi connectivity index (χ3n) is 5.22. The molecule has 0 bridgehead atoms. The molecule has 2 aromatic rings. The normalized spacial score (nSPS) is 22.1. The van der Waals surface area contributed by atoms with Gasteiger partial charge in [0.1, 0.15) is 10.9 Å². The van der Waals surface area contributed by atoms with Crippen molar-refractivity contribution in [3.63, 3.8) is 0 Å². The fraction of sp³-hybridized carbons (Fsp3) is 0.421. The van der Waals surface area contributed by atoms with Crippen LogP contribution in [0.25, 0.3) is 0 Å². The Hall–Kier alpha value is -2.53. The van der Waals surface area contributed by atoms with Crippen LogP contribution in [-0.2, 0) is 22.1 Å². The van der Waals surface area contributed by atoms with Crippen molar-refractivity contribution in [3.05, 3.63) is 35.5 Å². The van der Waals surface area contributed by atoms with Gasteiger partial charge in [-0.25, -0.2) is 4.98 Å². The van der Waals surface area contributed by atoms with Gasteiger partial charge in [-0.05, 0) is 42.4 Å². The smallest absolute Gasteiger partial charge is 0.416 e. The summed E-state index contributed by atoms with van der Waals surface area (Å²) in [5.74, 6) is 0.941. The van der Waals surface area contributed by atoms with Crippen molar-refractivity contribution in [3.8, 4) is 0 Å². The molecule has 1 aliphatic carbocycles. The first-order valence-corrected chi connectivity index (χ1v) is 10.6. The molecular formula is C19H20F3N5O2S. The zero-order chi connectivity index (χ0) is 21.6. The molecule has 0 saturated heterocycles. The number of rotatable bonds is 4. The fourth-order valence-corrected chi connectivity index (χ4v) is 5.13. The van der Waals surface area contributed by atoms with Crippen LogP contribution < -0.4 is 15.5 Å². The van der Waals surface area contributed by atoms with Crippen LogP contribution in [0.5, 0.6) is 0 Å². The number of aryl methyl sites for hydroxylation is 1. The largest absolute Gasteiger partial charge is 0.611 e. The van der Waals surface area contributed by atoms with E-state index < -0.39 is 22.9 Å². The predicted molar refractivity (Wildman–Crippen MR) is 107 cm³/mol. The quantitative estimate of drug-likeness (QED) is 0.712. The summed E-state index contributed by atoms with van der Waals surface area (Å²) in [5, 5.41) is 5.86. The standard InChI is InChI=1S/C19H20F3N5O2S/c1-10-16-17(27(2)9-15(28)25-16)26-18(23-10)24-12-7-14(8-12)30(29)13-5-3-11(4-6-13)19(20,21)22/h3-6,12,14H,7-9H2,1-2H3,(H,25,28)(H,23,24,26)/t12-,14+,30-/m1/s1. The lowest BCUT2D eigenvalue weighted by Gasteiger charge is -2.36. The highest BCUT2D eigenvalue weighted by molar-refractivity contribution is 7.92. The lowest BCUT2D eigenvalue weighted by atomic mass is 9.92. The minimum atomic E-state index is -4.41. The van der Waals surface area contributed by atoms with E-state index in [9.17, 15) is 22.5 Å². The second-order valence-corrected chi connectivity index (χ2v) is 9.22. The van der Waals surface area contributed by atoms with E-state index in [1.54, 1.807) is 18.9 Å². The topological polar surface area (TPSA) is 93.2 Å². The number of hydrogen-bond acceptors (Lipinski definition) is 6. The van der Waals surface area contributed by atoms with E-state index in [1.807, 2.05) is 0 Å². The highest BCUT2D eigenvalue weighted by Gasteiger charge is 2.40. The number of aromatic nitrogens is 2. The molecule has 0 radical (unpaired) electrons. The minimum Gasteiger partial charge on any atom is -0.611 e. The zero-order valence-electron chi connectivity index (χ0n) is 16.3. The van der Waals surface area contributed by atoms with Crippen molar-refractivity contribution >= 4 is 34.5 Å². The number of carbonyl (C=O) groups is 1. The molecule has 1 saturated carbocycles. The van der Waals surface area contributed by atoms with Crippen LogP contribution in [0.4, 0.5) is 30.6 Å². The van der Waals surface area contributed by atoms with Gasteiger partial charge in [-0.2, -0.15) is 18.2 Å². The molecule has 1 aliphatic heterocycles. The molecule has 1 aromatic heterocycles. The summed E-state index contributed by atoms with van der Waals surface area (Å²) < 4.78 is 50.6. The lowest BCUT2D eigenvalue weighted by Crippen LogP contribution is -2.44. The van der Waals surface area contributed by atoms with Gasteiger partial charge in [0.15, 0.2) is 10.7 Å². The Morgan fingerprint density at radius 1 is 1.23 bits per heavy atom. The van der Waals surface area contributed by atoms with E-state index >= 15 is 0 Å². The number of benzene rings is 1. The monoisotopic (exact) mass is 439 g/mol. The number of anilines is 3. The number of carbonyl (C=O) groups excluding carboxylic acids is 1. The van der Waals surface area contributed by atoms with Gasteiger partial charge in [-0.15, -0.1) is 0 Å². The molecule has 11 heteroatoms. The number of fused-ring (bicyclic) bond motifs is 1.